The summed E-state index contributed by atoms with van der Waals surface area (Å²) in [6.45, 7) is 19.9. The van der Waals surface area contributed by atoms with Gasteiger partial charge in [0.1, 0.15) is 5.75 Å². The lowest BCUT2D eigenvalue weighted by atomic mass is 9.79. The van der Waals surface area contributed by atoms with Crippen LogP contribution in [-0.4, -0.2) is 17.0 Å². The quantitative estimate of drug-likeness (QED) is 0.218. The summed E-state index contributed by atoms with van der Waals surface area (Å²) in [5.74, 6) is 1.91. The molecule has 0 bridgehead atoms. The van der Waals surface area contributed by atoms with Gasteiger partial charge in [-0.3, -0.25) is 0 Å². The molecule has 1 unspecified atom stereocenters. The highest BCUT2D eigenvalue weighted by atomic mass is 32.2. The molecule has 3 nitrogen and oxygen atoms in total. The third-order valence-corrected chi connectivity index (χ3v) is 7.65. The average Bonchev–Trinajstić information content (AvgIpc) is 2.79. The number of nitrogens with one attached hydrogen (secondary N) is 1. The summed E-state index contributed by atoms with van der Waals surface area (Å²) in [4.78, 5) is 3.72. The van der Waals surface area contributed by atoms with Gasteiger partial charge in [0.25, 0.3) is 0 Å². The minimum absolute atomic E-state index is 0.132. The van der Waals surface area contributed by atoms with Crippen LogP contribution >= 0.6 is 11.8 Å². The van der Waals surface area contributed by atoms with Gasteiger partial charge in [-0.2, -0.15) is 0 Å². The second-order valence-electron chi connectivity index (χ2n) is 12.6. The molecule has 1 atom stereocenters. The normalized spacial score (nSPS) is 13.0. The number of anilines is 3. The predicted octanol–water partition coefficient (Wildman–Crippen LogP) is 9.72. The lowest BCUT2D eigenvalue weighted by Gasteiger charge is -2.33. The van der Waals surface area contributed by atoms with E-state index in [4.69, 9.17) is 0 Å². The zero-order valence-corrected chi connectivity index (χ0v) is 25.0. The molecule has 0 aliphatic heterocycles. The van der Waals surface area contributed by atoms with Crippen molar-refractivity contribution in [3.63, 3.8) is 0 Å². The van der Waals surface area contributed by atoms with Gasteiger partial charge in [0.2, 0.25) is 0 Å². The average molecular weight is 519 g/mol. The Morgan fingerprint density at radius 3 is 1.78 bits per heavy atom. The van der Waals surface area contributed by atoms with Crippen LogP contribution in [0.2, 0.25) is 0 Å². The molecule has 0 amide bonds. The van der Waals surface area contributed by atoms with E-state index in [0.29, 0.717) is 17.7 Å². The second-order valence-corrected chi connectivity index (χ2v) is 13.6. The van der Waals surface area contributed by atoms with Gasteiger partial charge in [0.15, 0.2) is 0 Å². The highest BCUT2D eigenvalue weighted by Crippen LogP contribution is 2.42. The third kappa shape index (κ3) is 7.95. The van der Waals surface area contributed by atoms with Crippen molar-refractivity contribution in [3.8, 4) is 5.75 Å². The van der Waals surface area contributed by atoms with Gasteiger partial charge >= 0.3 is 0 Å². The zero-order valence-electron chi connectivity index (χ0n) is 24.2. The summed E-state index contributed by atoms with van der Waals surface area (Å²) in [6.07, 6.45) is 1.13. The summed E-state index contributed by atoms with van der Waals surface area (Å²) >= 11 is 1.85. The topological polar surface area (TPSA) is 35.5 Å². The van der Waals surface area contributed by atoms with E-state index >= 15 is 0 Å². The van der Waals surface area contributed by atoms with Crippen LogP contribution in [0.15, 0.2) is 71.6 Å². The fraction of sp³-hybridized carbons (Fsp3) is 0.455. The molecule has 3 aromatic carbocycles. The first kappa shape index (κ1) is 29.0. The van der Waals surface area contributed by atoms with Gasteiger partial charge in [-0.15, -0.1) is 11.8 Å². The number of hydrogen-bond acceptors (Lipinski definition) is 4. The van der Waals surface area contributed by atoms with Crippen LogP contribution in [0.5, 0.6) is 5.75 Å². The first-order valence-corrected chi connectivity index (χ1v) is 14.4. The molecule has 3 rings (SSSR count). The van der Waals surface area contributed by atoms with Crippen molar-refractivity contribution in [3.05, 3.63) is 77.9 Å². The molecule has 0 aliphatic rings. The maximum absolute atomic E-state index is 11.1. The molecule has 2 N–H and O–H groups in total. The molecule has 0 saturated heterocycles. The van der Waals surface area contributed by atoms with E-state index < -0.39 is 0 Å². The Balaban J connectivity index is 1.88. The van der Waals surface area contributed by atoms with Crippen LogP contribution < -0.4 is 10.2 Å². The molecule has 0 spiro atoms. The molecule has 0 aliphatic carbocycles. The number of aromatic hydroxyl groups is 1. The maximum atomic E-state index is 11.1. The van der Waals surface area contributed by atoms with Crippen molar-refractivity contribution in [2.75, 3.05) is 16.1 Å². The molecule has 0 aromatic heterocycles. The number of thioether (sulfide) groups is 1. The van der Waals surface area contributed by atoms with Crippen LogP contribution in [0.25, 0.3) is 0 Å². The summed E-state index contributed by atoms with van der Waals surface area (Å²) in [5, 5.41) is 14.6. The standard InChI is InChI=1S/C33H46N2OS/c1-23(2)19-24(3)35(27-17-15-26(16-18-27)34-25-13-11-10-12-14-25)22-37-28-20-29(32(4,5)6)31(36)30(21-28)33(7,8)9/h10-18,20-21,23-24,34,36H,19,22H2,1-9H3. The Labute approximate surface area is 229 Å². The largest absolute Gasteiger partial charge is 0.507 e. The minimum Gasteiger partial charge on any atom is -0.507 e. The number of hydrogen-bond donors (Lipinski definition) is 2. The zero-order chi connectivity index (χ0) is 27.4. The molecule has 0 heterocycles. The molecular weight excluding hydrogens is 472 g/mol. The number of nitrogens with zero attached hydrogens (tertiary/aromatic N) is 1. The van der Waals surface area contributed by atoms with Crippen molar-refractivity contribution >= 4 is 28.8 Å². The highest BCUT2D eigenvalue weighted by molar-refractivity contribution is 7.99. The Morgan fingerprint density at radius 2 is 1.30 bits per heavy atom. The van der Waals surface area contributed by atoms with E-state index in [1.165, 1.54) is 10.6 Å². The molecule has 3 aromatic rings. The summed E-state index contributed by atoms with van der Waals surface area (Å²) in [5.41, 5.74) is 5.17. The molecule has 0 saturated carbocycles. The van der Waals surface area contributed by atoms with Crippen LogP contribution in [0.4, 0.5) is 17.1 Å². The van der Waals surface area contributed by atoms with Crippen molar-refractivity contribution in [1.82, 2.24) is 0 Å². The summed E-state index contributed by atoms with van der Waals surface area (Å²) < 4.78 is 0. The first-order valence-electron chi connectivity index (χ1n) is 13.4. The van der Waals surface area contributed by atoms with E-state index in [-0.39, 0.29) is 10.8 Å². The Hall–Kier alpha value is -2.59. The van der Waals surface area contributed by atoms with Gasteiger partial charge in [-0.25, -0.2) is 0 Å². The third-order valence-electron chi connectivity index (χ3n) is 6.68. The number of phenols is 1. The number of phenolic OH excluding ortho intramolecular Hbond substituents is 1. The lowest BCUT2D eigenvalue weighted by Crippen LogP contribution is -2.33. The molecule has 37 heavy (non-hydrogen) atoms. The number of para-hydroxylation sites is 1. The second kappa shape index (κ2) is 11.9. The van der Waals surface area contributed by atoms with E-state index in [0.717, 1.165) is 34.8 Å². The summed E-state index contributed by atoms with van der Waals surface area (Å²) in [6, 6.07) is 23.8. The van der Waals surface area contributed by atoms with E-state index in [1.807, 2.05) is 30.0 Å². The summed E-state index contributed by atoms with van der Waals surface area (Å²) in [7, 11) is 0. The molecule has 4 heteroatoms. The lowest BCUT2D eigenvalue weighted by molar-refractivity contribution is 0.422. The minimum atomic E-state index is -0.132. The monoisotopic (exact) mass is 518 g/mol. The van der Waals surface area contributed by atoms with Crippen molar-refractivity contribution in [1.29, 1.82) is 0 Å². The molecule has 0 fully saturated rings. The van der Waals surface area contributed by atoms with E-state index in [1.54, 1.807) is 0 Å². The van der Waals surface area contributed by atoms with Crippen LogP contribution in [0, 0.1) is 5.92 Å². The van der Waals surface area contributed by atoms with Crippen molar-refractivity contribution in [2.24, 2.45) is 5.92 Å². The Bertz CT molecular complexity index is 1110. The van der Waals surface area contributed by atoms with Crippen molar-refractivity contribution in [2.45, 2.75) is 90.5 Å². The molecular formula is C33H46N2OS. The fourth-order valence-corrected chi connectivity index (χ4v) is 5.76. The Morgan fingerprint density at radius 1 is 0.784 bits per heavy atom. The van der Waals surface area contributed by atoms with Crippen LogP contribution in [0.3, 0.4) is 0 Å². The highest BCUT2D eigenvalue weighted by Gasteiger charge is 2.27. The first-order chi connectivity index (χ1) is 17.3. The van der Waals surface area contributed by atoms with Crippen LogP contribution in [0.1, 0.15) is 79.9 Å². The predicted molar refractivity (Wildman–Crippen MR) is 164 cm³/mol. The SMILES string of the molecule is CC(C)CC(C)N(CSc1cc(C(C)(C)C)c(O)c(C(C)(C)C)c1)c1ccc(Nc2ccccc2)cc1. The van der Waals surface area contributed by atoms with E-state index in [9.17, 15) is 5.11 Å². The van der Waals surface area contributed by atoms with Gasteiger partial charge in [0.05, 0.1) is 5.88 Å². The van der Waals surface area contributed by atoms with Gasteiger partial charge < -0.3 is 15.3 Å². The molecule has 200 valence electrons. The fourth-order valence-electron chi connectivity index (χ4n) is 4.67. The maximum Gasteiger partial charge on any atom is 0.123 e. The van der Waals surface area contributed by atoms with E-state index in [2.05, 4.69) is 121 Å². The molecule has 0 radical (unpaired) electrons. The number of benzene rings is 3. The van der Waals surface area contributed by atoms with Gasteiger partial charge in [-0.1, -0.05) is 73.6 Å². The number of rotatable bonds is 9. The van der Waals surface area contributed by atoms with Crippen molar-refractivity contribution < 1.29 is 5.11 Å². The van der Waals surface area contributed by atoms with Gasteiger partial charge in [0, 0.05) is 39.1 Å². The van der Waals surface area contributed by atoms with Crippen LogP contribution in [-0.2, 0) is 10.8 Å². The Kier molecular flexibility index (Phi) is 9.28. The smallest absolute Gasteiger partial charge is 0.123 e. The van der Waals surface area contributed by atoms with Gasteiger partial charge in [-0.05, 0) is 78.6 Å².